The highest BCUT2D eigenvalue weighted by molar-refractivity contribution is 9.10. The molecule has 0 saturated heterocycles. The van der Waals surface area contributed by atoms with Crippen LogP contribution in [0.5, 0.6) is 0 Å². The van der Waals surface area contributed by atoms with Crippen LogP contribution in [0.15, 0.2) is 22.7 Å². The van der Waals surface area contributed by atoms with E-state index >= 15 is 0 Å². The molecule has 21 heavy (non-hydrogen) atoms. The second kappa shape index (κ2) is 8.01. The Kier molecular flexibility index (Phi) is 6.97. The quantitative estimate of drug-likeness (QED) is 0.725. The van der Waals surface area contributed by atoms with E-state index in [1.807, 2.05) is 26.0 Å². The van der Waals surface area contributed by atoms with E-state index in [1.54, 1.807) is 20.1 Å². The van der Waals surface area contributed by atoms with Crippen molar-refractivity contribution >= 4 is 39.2 Å². The van der Waals surface area contributed by atoms with Crippen molar-refractivity contribution in [3.8, 4) is 0 Å². The largest absolute Gasteiger partial charge is 0.464 e. The van der Waals surface area contributed by atoms with Crippen molar-refractivity contribution in [2.45, 2.75) is 26.3 Å². The normalized spacial score (nSPS) is 13.9. The lowest BCUT2D eigenvalue weighted by Crippen LogP contribution is -2.55. The first-order valence-electron chi connectivity index (χ1n) is 6.76. The van der Waals surface area contributed by atoms with Gasteiger partial charge in [0, 0.05) is 17.3 Å². The lowest BCUT2D eigenvalue weighted by Gasteiger charge is -2.36. The minimum Gasteiger partial charge on any atom is -0.464 e. The number of benzene rings is 1. The third-order valence-corrected chi connectivity index (χ3v) is 4.50. The number of rotatable bonds is 7. The summed E-state index contributed by atoms with van der Waals surface area (Å²) in [7, 11) is 1.57. The molecule has 1 rings (SSSR count). The molecular weight excluding hydrogens is 358 g/mol. The van der Waals surface area contributed by atoms with Gasteiger partial charge in [0.2, 0.25) is 0 Å². The van der Waals surface area contributed by atoms with E-state index in [0.717, 1.165) is 10.2 Å². The first kappa shape index (κ1) is 18.3. The average molecular weight is 379 g/mol. The second-order valence-corrected chi connectivity index (χ2v) is 6.29. The van der Waals surface area contributed by atoms with E-state index in [-0.39, 0.29) is 18.5 Å². The Bertz CT molecular complexity index is 496. The van der Waals surface area contributed by atoms with Crippen molar-refractivity contribution < 1.29 is 14.3 Å². The fraction of sp³-hybridized carbons (Fsp3) is 0.533. The van der Waals surface area contributed by atoms with Gasteiger partial charge < -0.3 is 14.8 Å². The van der Waals surface area contributed by atoms with Gasteiger partial charge in [-0.05, 0) is 47.0 Å². The maximum atomic E-state index is 12.5. The van der Waals surface area contributed by atoms with Crippen LogP contribution in [-0.2, 0) is 14.3 Å². The second-order valence-electron chi connectivity index (χ2n) is 5.03. The minimum absolute atomic E-state index is 0.0223. The number of carbonyl (C=O) groups is 1. The molecule has 6 heteroatoms. The Hall–Kier alpha value is -0.780. The van der Waals surface area contributed by atoms with Crippen molar-refractivity contribution in [1.29, 1.82) is 0 Å². The fourth-order valence-electron chi connectivity index (χ4n) is 2.01. The number of hydrogen-bond donors (Lipinski definition) is 1. The van der Waals surface area contributed by atoms with Crippen LogP contribution < -0.4 is 5.32 Å². The topological polar surface area (TPSA) is 47.6 Å². The number of esters is 1. The summed E-state index contributed by atoms with van der Waals surface area (Å²) in [5.41, 5.74) is -0.178. The van der Waals surface area contributed by atoms with Crippen molar-refractivity contribution in [1.82, 2.24) is 0 Å². The molecule has 1 aromatic rings. The number of carbonyl (C=O) groups excluding carboxylic acids is 1. The predicted octanol–water partition coefficient (Wildman–Crippen LogP) is 4.12. The van der Waals surface area contributed by atoms with Gasteiger partial charge in [0.25, 0.3) is 0 Å². The van der Waals surface area contributed by atoms with Gasteiger partial charge in [0.1, 0.15) is 0 Å². The zero-order chi connectivity index (χ0) is 16.0. The van der Waals surface area contributed by atoms with Crippen LogP contribution in [0.25, 0.3) is 0 Å². The molecule has 0 spiro atoms. The highest BCUT2D eigenvalue weighted by Gasteiger charge is 2.43. The molecule has 0 bridgehead atoms. The summed E-state index contributed by atoms with van der Waals surface area (Å²) in [5.74, 6) is -0.348. The molecule has 1 atom stereocenters. The molecule has 0 aliphatic rings. The van der Waals surface area contributed by atoms with Crippen molar-refractivity contribution in [2.24, 2.45) is 5.92 Å². The first-order valence-corrected chi connectivity index (χ1v) is 7.93. The lowest BCUT2D eigenvalue weighted by molar-refractivity contribution is -0.152. The Labute approximate surface area is 139 Å². The summed E-state index contributed by atoms with van der Waals surface area (Å²) < 4.78 is 11.2. The number of methoxy groups -OCH3 is 1. The van der Waals surface area contributed by atoms with E-state index in [1.165, 1.54) is 0 Å². The molecule has 0 aliphatic carbocycles. The van der Waals surface area contributed by atoms with Gasteiger partial charge in [0.15, 0.2) is 5.54 Å². The van der Waals surface area contributed by atoms with E-state index in [4.69, 9.17) is 21.1 Å². The summed E-state index contributed by atoms with van der Waals surface area (Å²) in [4.78, 5) is 12.5. The molecule has 1 aromatic carbocycles. The van der Waals surface area contributed by atoms with Gasteiger partial charge in [-0.3, -0.25) is 0 Å². The summed E-state index contributed by atoms with van der Waals surface area (Å²) in [6.07, 6.45) is 0. The molecule has 0 radical (unpaired) electrons. The van der Waals surface area contributed by atoms with Crippen molar-refractivity contribution in [3.63, 3.8) is 0 Å². The van der Waals surface area contributed by atoms with Gasteiger partial charge in [-0.15, -0.1) is 0 Å². The summed E-state index contributed by atoms with van der Waals surface area (Å²) in [6, 6.07) is 5.41. The Morgan fingerprint density at radius 2 is 2.14 bits per heavy atom. The van der Waals surface area contributed by atoms with Crippen molar-refractivity contribution in [2.75, 3.05) is 25.6 Å². The summed E-state index contributed by atoms with van der Waals surface area (Å²) in [6.45, 7) is 6.23. The molecule has 118 valence electrons. The Morgan fingerprint density at radius 1 is 1.48 bits per heavy atom. The molecule has 1 unspecified atom stereocenters. The van der Waals surface area contributed by atoms with E-state index in [9.17, 15) is 4.79 Å². The number of ether oxygens (including phenoxy) is 2. The molecule has 0 heterocycles. The van der Waals surface area contributed by atoms with E-state index in [0.29, 0.717) is 11.6 Å². The number of hydrogen-bond acceptors (Lipinski definition) is 4. The molecule has 1 N–H and O–H groups in total. The van der Waals surface area contributed by atoms with E-state index in [2.05, 4.69) is 21.2 Å². The maximum Gasteiger partial charge on any atom is 0.334 e. The van der Waals surface area contributed by atoms with Gasteiger partial charge in [0.05, 0.1) is 18.2 Å². The van der Waals surface area contributed by atoms with Crippen LogP contribution >= 0.6 is 27.5 Å². The molecule has 0 amide bonds. The zero-order valence-corrected chi connectivity index (χ0v) is 15.0. The monoisotopic (exact) mass is 377 g/mol. The van der Waals surface area contributed by atoms with Gasteiger partial charge in [-0.25, -0.2) is 4.79 Å². The lowest BCUT2D eigenvalue weighted by atomic mass is 9.86. The van der Waals surface area contributed by atoms with Crippen LogP contribution in [0.3, 0.4) is 0 Å². The van der Waals surface area contributed by atoms with Crippen LogP contribution in [0, 0.1) is 5.92 Å². The van der Waals surface area contributed by atoms with Crippen LogP contribution in [0.2, 0.25) is 5.02 Å². The third kappa shape index (κ3) is 4.34. The number of anilines is 1. The van der Waals surface area contributed by atoms with Gasteiger partial charge >= 0.3 is 5.97 Å². The highest BCUT2D eigenvalue weighted by Crippen LogP contribution is 2.30. The minimum atomic E-state index is -0.946. The smallest absolute Gasteiger partial charge is 0.334 e. The molecular formula is C15H21BrClNO3. The van der Waals surface area contributed by atoms with Crippen LogP contribution in [-0.4, -0.2) is 31.8 Å². The van der Waals surface area contributed by atoms with Crippen molar-refractivity contribution in [3.05, 3.63) is 27.7 Å². The fourth-order valence-corrected chi connectivity index (χ4v) is 2.51. The zero-order valence-electron chi connectivity index (χ0n) is 12.7. The predicted molar refractivity (Wildman–Crippen MR) is 88.9 cm³/mol. The number of nitrogens with one attached hydrogen (secondary N) is 1. The van der Waals surface area contributed by atoms with Crippen LogP contribution in [0.4, 0.5) is 5.69 Å². The molecule has 0 aromatic heterocycles. The van der Waals surface area contributed by atoms with Gasteiger partial charge in [-0.2, -0.15) is 0 Å². The maximum absolute atomic E-state index is 12.5. The molecule has 0 saturated carbocycles. The third-order valence-electron chi connectivity index (χ3n) is 3.28. The van der Waals surface area contributed by atoms with Crippen LogP contribution in [0.1, 0.15) is 20.8 Å². The summed E-state index contributed by atoms with van der Waals surface area (Å²) >= 11 is 9.37. The SMILES string of the molecule is CCOC(=O)C(COC)(Nc1ccc(Cl)c(Br)c1)C(C)C. The molecule has 4 nitrogen and oxygen atoms in total. The molecule has 0 fully saturated rings. The highest BCUT2D eigenvalue weighted by atomic mass is 79.9. The first-order chi connectivity index (χ1) is 9.87. The summed E-state index contributed by atoms with van der Waals surface area (Å²) in [5, 5.41) is 3.87. The standard InChI is InChI=1S/C15H21BrClNO3/c1-5-21-14(19)15(9-20-4,10(2)3)18-11-6-7-13(17)12(16)8-11/h6-8,10,18H,5,9H2,1-4H3. The average Bonchev–Trinajstić information content (AvgIpc) is 2.42. The molecule has 0 aliphatic heterocycles. The number of halogens is 2. The van der Waals surface area contributed by atoms with E-state index < -0.39 is 5.54 Å². The Morgan fingerprint density at radius 3 is 2.62 bits per heavy atom. The van der Waals surface area contributed by atoms with Gasteiger partial charge in [-0.1, -0.05) is 25.4 Å². The Balaban J connectivity index is 3.16.